The summed E-state index contributed by atoms with van der Waals surface area (Å²) in [4.78, 5) is 6.34. The number of benzene rings is 2. The molecule has 0 aliphatic carbocycles. The number of nitrogens with zero attached hydrogens (tertiary/aromatic N) is 2. The Kier molecular flexibility index (Phi) is 4.55. The molecule has 0 atom stereocenters. The van der Waals surface area contributed by atoms with Crippen molar-refractivity contribution in [1.82, 2.24) is 14.1 Å². The maximum absolute atomic E-state index is 13.8. The molecule has 1 N–H and O–H groups in total. The zero-order valence-corrected chi connectivity index (χ0v) is 16.0. The van der Waals surface area contributed by atoms with E-state index in [0.29, 0.717) is 0 Å². The Morgan fingerprint density at radius 1 is 1.15 bits per heavy atom. The Morgan fingerprint density at radius 3 is 2.74 bits per heavy atom. The van der Waals surface area contributed by atoms with Gasteiger partial charge in [0.05, 0.1) is 5.69 Å². The first-order valence-corrected chi connectivity index (χ1v) is 10.5. The Hall–Kier alpha value is -2.55. The van der Waals surface area contributed by atoms with E-state index in [1.54, 1.807) is 11.3 Å². The fraction of sp³-hybridized carbons (Fsp3) is 0.105. The first-order chi connectivity index (χ1) is 12.9. The third kappa shape index (κ3) is 3.64. The Morgan fingerprint density at radius 2 is 1.96 bits per heavy atom. The van der Waals surface area contributed by atoms with Gasteiger partial charge in [-0.1, -0.05) is 30.3 Å². The molecule has 0 fully saturated rings. The van der Waals surface area contributed by atoms with Crippen molar-refractivity contribution in [1.29, 1.82) is 0 Å². The van der Waals surface area contributed by atoms with Crippen LogP contribution in [0.2, 0.25) is 0 Å². The molecule has 0 aliphatic rings. The Balaban J connectivity index is 1.56. The van der Waals surface area contributed by atoms with Gasteiger partial charge in [-0.2, -0.15) is 0 Å². The van der Waals surface area contributed by atoms with Crippen LogP contribution in [-0.2, 0) is 16.6 Å². The number of thiazole rings is 1. The summed E-state index contributed by atoms with van der Waals surface area (Å²) in [5.74, 6) is -0.771. The zero-order valence-electron chi connectivity index (χ0n) is 14.4. The first kappa shape index (κ1) is 17.8. The van der Waals surface area contributed by atoms with Gasteiger partial charge in [-0.3, -0.25) is 4.40 Å². The number of rotatable bonds is 5. The molecule has 0 radical (unpaired) electrons. The average Bonchev–Trinajstić information content (AvgIpc) is 3.18. The first-order valence-electron chi connectivity index (χ1n) is 8.21. The lowest BCUT2D eigenvalue weighted by Crippen LogP contribution is -2.24. The molecule has 138 valence electrons. The van der Waals surface area contributed by atoms with Crippen LogP contribution in [0.5, 0.6) is 0 Å². The number of aryl methyl sites for hydroxylation is 1. The van der Waals surface area contributed by atoms with E-state index >= 15 is 0 Å². The lowest BCUT2D eigenvalue weighted by Gasteiger charge is -2.08. The molecular formula is C19H16FN3O2S2. The number of hydrogen-bond donors (Lipinski definition) is 1. The van der Waals surface area contributed by atoms with Crippen LogP contribution in [0, 0.1) is 12.7 Å². The highest BCUT2D eigenvalue weighted by Crippen LogP contribution is 2.24. The topological polar surface area (TPSA) is 63.5 Å². The molecule has 4 rings (SSSR count). The van der Waals surface area contributed by atoms with Crippen molar-refractivity contribution in [3.63, 3.8) is 0 Å². The predicted molar refractivity (Wildman–Crippen MR) is 104 cm³/mol. The van der Waals surface area contributed by atoms with E-state index in [-0.39, 0.29) is 11.4 Å². The standard InChI is InChI=1S/C19H16FN3O2S2/c1-13-11-23-12-17(22-19(23)26-13)15-6-4-5-14(9-15)10-21-27(24,25)18-8-3-2-7-16(18)20/h2-9,11-12,21H,10H2,1H3. The minimum Gasteiger partial charge on any atom is -0.297 e. The van der Waals surface area contributed by atoms with Crippen molar-refractivity contribution in [2.24, 2.45) is 0 Å². The Labute approximate surface area is 160 Å². The van der Waals surface area contributed by atoms with Gasteiger partial charge in [-0.15, -0.1) is 11.3 Å². The summed E-state index contributed by atoms with van der Waals surface area (Å²) in [5, 5.41) is 0. The van der Waals surface area contributed by atoms with E-state index in [9.17, 15) is 12.8 Å². The lowest BCUT2D eigenvalue weighted by atomic mass is 10.1. The van der Waals surface area contributed by atoms with E-state index in [0.717, 1.165) is 27.8 Å². The van der Waals surface area contributed by atoms with Gasteiger partial charge >= 0.3 is 0 Å². The van der Waals surface area contributed by atoms with Gasteiger partial charge in [0, 0.05) is 29.4 Å². The lowest BCUT2D eigenvalue weighted by molar-refractivity contribution is 0.557. The minimum absolute atomic E-state index is 0.0613. The van der Waals surface area contributed by atoms with Crippen LogP contribution in [0.15, 0.2) is 65.8 Å². The maximum Gasteiger partial charge on any atom is 0.243 e. The second kappa shape index (κ2) is 6.88. The van der Waals surface area contributed by atoms with Gasteiger partial charge in [0.25, 0.3) is 0 Å². The molecule has 8 heteroatoms. The van der Waals surface area contributed by atoms with E-state index < -0.39 is 15.8 Å². The number of sulfonamides is 1. The largest absolute Gasteiger partial charge is 0.297 e. The highest BCUT2D eigenvalue weighted by atomic mass is 32.2. The van der Waals surface area contributed by atoms with Gasteiger partial charge in [-0.25, -0.2) is 22.5 Å². The second-order valence-corrected chi connectivity index (χ2v) is 9.06. The summed E-state index contributed by atoms with van der Waals surface area (Å²) in [5.41, 5.74) is 2.48. The maximum atomic E-state index is 13.8. The van der Waals surface area contributed by atoms with Crippen LogP contribution in [0.25, 0.3) is 16.2 Å². The fourth-order valence-corrected chi connectivity index (χ4v) is 4.71. The molecule has 0 unspecified atom stereocenters. The minimum atomic E-state index is -3.93. The van der Waals surface area contributed by atoms with Crippen molar-refractivity contribution in [2.75, 3.05) is 0 Å². The molecule has 2 aromatic heterocycles. The van der Waals surface area contributed by atoms with E-state index in [4.69, 9.17) is 0 Å². The summed E-state index contributed by atoms with van der Waals surface area (Å²) < 4.78 is 42.9. The molecule has 2 heterocycles. The molecule has 0 bridgehead atoms. The normalized spacial score (nSPS) is 11.9. The monoisotopic (exact) mass is 401 g/mol. The Bertz CT molecular complexity index is 1200. The highest BCUT2D eigenvalue weighted by Gasteiger charge is 2.18. The predicted octanol–water partition coefficient (Wildman–Crippen LogP) is 3.99. The van der Waals surface area contributed by atoms with Crippen LogP contribution < -0.4 is 4.72 Å². The molecule has 5 nitrogen and oxygen atoms in total. The number of imidazole rings is 1. The molecule has 27 heavy (non-hydrogen) atoms. The number of hydrogen-bond acceptors (Lipinski definition) is 4. The van der Waals surface area contributed by atoms with Gasteiger partial charge in [-0.05, 0) is 30.7 Å². The van der Waals surface area contributed by atoms with E-state index in [1.807, 2.05) is 48.0 Å². The number of halogens is 1. The van der Waals surface area contributed by atoms with Crippen LogP contribution in [-0.4, -0.2) is 17.8 Å². The van der Waals surface area contributed by atoms with Crippen LogP contribution in [0.1, 0.15) is 10.4 Å². The van der Waals surface area contributed by atoms with Crippen molar-refractivity contribution in [3.05, 3.63) is 77.2 Å². The molecule has 0 aliphatic heterocycles. The molecular weight excluding hydrogens is 385 g/mol. The number of aromatic nitrogens is 2. The third-order valence-corrected chi connectivity index (χ3v) is 6.43. The summed E-state index contributed by atoms with van der Waals surface area (Å²) in [6.07, 6.45) is 3.96. The van der Waals surface area contributed by atoms with Crippen molar-refractivity contribution in [2.45, 2.75) is 18.4 Å². The van der Waals surface area contributed by atoms with Gasteiger partial charge in [0.1, 0.15) is 10.7 Å². The zero-order chi connectivity index (χ0) is 19.0. The SMILES string of the molecule is Cc1cn2cc(-c3cccc(CNS(=O)(=O)c4ccccc4F)c3)nc2s1. The number of nitrogens with one attached hydrogen (secondary N) is 1. The van der Waals surface area contributed by atoms with Crippen molar-refractivity contribution in [3.8, 4) is 11.3 Å². The molecule has 0 saturated heterocycles. The molecule has 2 aromatic carbocycles. The summed E-state index contributed by atoms with van der Waals surface area (Å²) in [6.45, 7) is 2.09. The van der Waals surface area contributed by atoms with Crippen molar-refractivity contribution < 1.29 is 12.8 Å². The van der Waals surface area contributed by atoms with E-state index in [2.05, 4.69) is 9.71 Å². The van der Waals surface area contributed by atoms with Crippen molar-refractivity contribution >= 4 is 26.3 Å². The quantitative estimate of drug-likeness (QED) is 0.550. The van der Waals surface area contributed by atoms with E-state index in [1.165, 1.54) is 23.1 Å². The van der Waals surface area contributed by atoms with Crippen LogP contribution >= 0.6 is 11.3 Å². The highest BCUT2D eigenvalue weighted by molar-refractivity contribution is 7.89. The molecule has 0 spiro atoms. The number of fused-ring (bicyclic) bond motifs is 1. The summed E-state index contributed by atoms with van der Waals surface area (Å²) in [7, 11) is -3.93. The molecule has 0 amide bonds. The smallest absolute Gasteiger partial charge is 0.243 e. The third-order valence-electron chi connectivity index (χ3n) is 4.09. The van der Waals surface area contributed by atoms with Crippen LogP contribution in [0.3, 0.4) is 0 Å². The molecule has 0 saturated carbocycles. The average molecular weight is 401 g/mol. The van der Waals surface area contributed by atoms with Gasteiger partial charge in [0.15, 0.2) is 4.96 Å². The molecule has 4 aromatic rings. The summed E-state index contributed by atoms with van der Waals surface area (Å²) in [6, 6.07) is 12.8. The van der Waals surface area contributed by atoms with Crippen LogP contribution in [0.4, 0.5) is 4.39 Å². The van der Waals surface area contributed by atoms with Gasteiger partial charge < -0.3 is 0 Å². The van der Waals surface area contributed by atoms with Gasteiger partial charge in [0.2, 0.25) is 10.0 Å². The summed E-state index contributed by atoms with van der Waals surface area (Å²) >= 11 is 1.61. The fourth-order valence-electron chi connectivity index (χ4n) is 2.81. The second-order valence-electron chi connectivity index (χ2n) is 6.11.